The maximum atomic E-state index is 12.2. The van der Waals surface area contributed by atoms with Crippen molar-refractivity contribution in [3.63, 3.8) is 0 Å². The van der Waals surface area contributed by atoms with Gasteiger partial charge in [-0.1, -0.05) is 0 Å². The predicted octanol–water partition coefficient (Wildman–Crippen LogP) is 1.13. The molecule has 3 rings (SSSR count). The molecule has 0 unspecified atom stereocenters. The molecule has 1 aliphatic carbocycles. The van der Waals surface area contributed by atoms with Crippen LogP contribution in [0.4, 0.5) is 0 Å². The smallest absolute Gasteiger partial charge is 0.324 e. The third-order valence-electron chi connectivity index (χ3n) is 4.39. The lowest BCUT2D eigenvalue weighted by Crippen LogP contribution is -2.32. The molecule has 112 valence electrons. The maximum Gasteiger partial charge on any atom is 0.324 e. The van der Waals surface area contributed by atoms with E-state index in [0.717, 1.165) is 5.56 Å². The number of rotatable bonds is 3. The third-order valence-corrected chi connectivity index (χ3v) is 4.39. The van der Waals surface area contributed by atoms with Gasteiger partial charge in [0, 0.05) is 17.4 Å². The van der Waals surface area contributed by atoms with Gasteiger partial charge in [-0.2, -0.15) is 0 Å². The molecule has 2 atom stereocenters. The van der Waals surface area contributed by atoms with Crippen molar-refractivity contribution in [3.05, 3.63) is 23.8 Å². The standard InChI is InChI=1S/C15H16O6/c1-18-8-4-5-11-9(6-8)12-10(7-21-11)15(12,13(16)19-2)14(17)20-3/h4-6,10,12H,7H2,1-3H3/t10-,12+/m0/s1. The van der Waals surface area contributed by atoms with E-state index in [4.69, 9.17) is 18.9 Å². The molecular weight excluding hydrogens is 276 g/mol. The second kappa shape index (κ2) is 4.65. The quantitative estimate of drug-likeness (QED) is 0.614. The van der Waals surface area contributed by atoms with E-state index >= 15 is 0 Å². The predicted molar refractivity (Wildman–Crippen MR) is 71.2 cm³/mol. The zero-order valence-corrected chi connectivity index (χ0v) is 12.0. The Balaban J connectivity index is 2.08. The molecule has 1 aromatic carbocycles. The first-order chi connectivity index (χ1) is 10.1. The van der Waals surface area contributed by atoms with Gasteiger partial charge in [0.2, 0.25) is 0 Å². The monoisotopic (exact) mass is 292 g/mol. The zero-order valence-electron chi connectivity index (χ0n) is 12.0. The average molecular weight is 292 g/mol. The van der Waals surface area contributed by atoms with Crippen molar-refractivity contribution < 1.29 is 28.5 Å². The summed E-state index contributed by atoms with van der Waals surface area (Å²) in [5.41, 5.74) is -0.525. The molecule has 6 nitrogen and oxygen atoms in total. The Morgan fingerprint density at radius 2 is 1.86 bits per heavy atom. The van der Waals surface area contributed by atoms with E-state index in [0.29, 0.717) is 11.5 Å². The fraction of sp³-hybridized carbons (Fsp3) is 0.467. The molecule has 2 aliphatic rings. The number of ether oxygens (including phenoxy) is 4. The highest BCUT2D eigenvalue weighted by Crippen LogP contribution is 2.69. The van der Waals surface area contributed by atoms with E-state index < -0.39 is 17.4 Å². The van der Waals surface area contributed by atoms with Crippen LogP contribution in [0.1, 0.15) is 11.5 Å². The van der Waals surface area contributed by atoms with Crippen LogP contribution >= 0.6 is 0 Å². The van der Waals surface area contributed by atoms with Gasteiger partial charge < -0.3 is 18.9 Å². The van der Waals surface area contributed by atoms with Gasteiger partial charge in [0.15, 0.2) is 5.41 Å². The van der Waals surface area contributed by atoms with E-state index in [2.05, 4.69) is 0 Å². The normalized spacial score (nSPS) is 24.0. The van der Waals surface area contributed by atoms with Gasteiger partial charge in [-0.15, -0.1) is 0 Å². The van der Waals surface area contributed by atoms with Gasteiger partial charge in [-0.05, 0) is 18.2 Å². The third kappa shape index (κ3) is 1.65. The van der Waals surface area contributed by atoms with Crippen molar-refractivity contribution >= 4 is 11.9 Å². The lowest BCUT2D eigenvalue weighted by atomic mass is 9.98. The van der Waals surface area contributed by atoms with Crippen LogP contribution in [0, 0.1) is 11.3 Å². The van der Waals surface area contributed by atoms with Crippen LogP contribution in [0.2, 0.25) is 0 Å². The second-order valence-corrected chi connectivity index (χ2v) is 5.15. The topological polar surface area (TPSA) is 71.1 Å². The lowest BCUT2D eigenvalue weighted by Gasteiger charge is -2.16. The first-order valence-corrected chi connectivity index (χ1v) is 6.58. The molecule has 0 spiro atoms. The number of esters is 2. The SMILES string of the molecule is COC(=O)C1(C(=O)OC)[C@@H]2c3cc(OC)ccc3OC[C@@H]21. The summed E-state index contributed by atoms with van der Waals surface area (Å²) in [6, 6.07) is 5.35. The molecule has 1 fully saturated rings. The summed E-state index contributed by atoms with van der Waals surface area (Å²) in [5, 5.41) is 0. The van der Waals surface area contributed by atoms with Crippen LogP contribution in [0.25, 0.3) is 0 Å². The Morgan fingerprint density at radius 1 is 1.19 bits per heavy atom. The molecule has 1 aromatic rings. The highest BCUT2D eigenvalue weighted by molar-refractivity contribution is 6.06. The van der Waals surface area contributed by atoms with E-state index in [9.17, 15) is 9.59 Å². The molecular formula is C15H16O6. The lowest BCUT2D eigenvalue weighted by molar-refractivity contribution is -0.162. The summed E-state index contributed by atoms with van der Waals surface area (Å²) in [7, 11) is 4.10. The second-order valence-electron chi connectivity index (χ2n) is 5.15. The first-order valence-electron chi connectivity index (χ1n) is 6.58. The van der Waals surface area contributed by atoms with Gasteiger partial charge in [-0.25, -0.2) is 0 Å². The maximum absolute atomic E-state index is 12.2. The molecule has 1 aliphatic heterocycles. The molecule has 0 N–H and O–H groups in total. The van der Waals surface area contributed by atoms with E-state index in [1.807, 2.05) is 0 Å². The Labute approximate surface area is 121 Å². The summed E-state index contributed by atoms with van der Waals surface area (Å²) in [6.45, 7) is 0.286. The van der Waals surface area contributed by atoms with Crippen molar-refractivity contribution in [2.75, 3.05) is 27.9 Å². The largest absolute Gasteiger partial charge is 0.497 e. The number of carbonyl (C=O) groups excluding carboxylic acids is 2. The molecule has 1 saturated carbocycles. The molecule has 6 heteroatoms. The number of hydrogen-bond donors (Lipinski definition) is 0. The van der Waals surface area contributed by atoms with Crippen molar-refractivity contribution in [1.82, 2.24) is 0 Å². The van der Waals surface area contributed by atoms with Crippen LogP contribution in [-0.2, 0) is 19.1 Å². The number of hydrogen-bond acceptors (Lipinski definition) is 6. The van der Waals surface area contributed by atoms with Gasteiger partial charge in [0.05, 0.1) is 27.9 Å². The van der Waals surface area contributed by atoms with Crippen LogP contribution in [0.5, 0.6) is 11.5 Å². The highest BCUT2D eigenvalue weighted by atomic mass is 16.5. The molecule has 0 bridgehead atoms. The van der Waals surface area contributed by atoms with E-state index in [1.54, 1.807) is 25.3 Å². The van der Waals surface area contributed by atoms with Gasteiger partial charge in [0.1, 0.15) is 11.5 Å². The van der Waals surface area contributed by atoms with Crippen molar-refractivity contribution in [2.45, 2.75) is 5.92 Å². The molecule has 0 amide bonds. The number of carbonyl (C=O) groups is 2. The average Bonchev–Trinajstić information content (AvgIpc) is 3.23. The van der Waals surface area contributed by atoms with E-state index in [1.165, 1.54) is 14.2 Å². The summed E-state index contributed by atoms with van der Waals surface area (Å²) in [5.74, 6) is -0.416. The Bertz CT molecular complexity index is 592. The highest BCUT2D eigenvalue weighted by Gasteiger charge is 2.78. The Morgan fingerprint density at radius 3 is 2.43 bits per heavy atom. The molecule has 21 heavy (non-hydrogen) atoms. The van der Waals surface area contributed by atoms with Crippen LogP contribution in [0.3, 0.4) is 0 Å². The fourth-order valence-electron chi connectivity index (χ4n) is 3.33. The first kappa shape index (κ1) is 13.7. The van der Waals surface area contributed by atoms with Gasteiger partial charge in [-0.3, -0.25) is 9.59 Å². The van der Waals surface area contributed by atoms with Crippen LogP contribution < -0.4 is 9.47 Å². The van der Waals surface area contributed by atoms with Crippen LogP contribution in [-0.4, -0.2) is 39.9 Å². The minimum Gasteiger partial charge on any atom is -0.497 e. The summed E-state index contributed by atoms with van der Waals surface area (Å²) in [6.07, 6.45) is 0. The van der Waals surface area contributed by atoms with Crippen molar-refractivity contribution in [1.29, 1.82) is 0 Å². The molecule has 0 saturated heterocycles. The van der Waals surface area contributed by atoms with Crippen molar-refractivity contribution in [3.8, 4) is 11.5 Å². The van der Waals surface area contributed by atoms with Gasteiger partial charge in [0.25, 0.3) is 0 Å². The zero-order chi connectivity index (χ0) is 15.2. The summed E-state index contributed by atoms with van der Waals surface area (Å²) < 4.78 is 20.5. The molecule has 0 radical (unpaired) electrons. The summed E-state index contributed by atoms with van der Waals surface area (Å²) in [4.78, 5) is 24.4. The molecule has 0 aromatic heterocycles. The van der Waals surface area contributed by atoms with E-state index in [-0.39, 0.29) is 18.4 Å². The number of fused-ring (bicyclic) bond motifs is 3. The minimum absolute atomic E-state index is 0.267. The number of benzene rings is 1. The number of methoxy groups -OCH3 is 3. The van der Waals surface area contributed by atoms with Crippen LogP contribution in [0.15, 0.2) is 18.2 Å². The minimum atomic E-state index is -1.30. The fourth-order valence-corrected chi connectivity index (χ4v) is 3.33. The van der Waals surface area contributed by atoms with Gasteiger partial charge >= 0.3 is 11.9 Å². The summed E-state index contributed by atoms with van der Waals surface area (Å²) >= 11 is 0. The Kier molecular flexibility index (Phi) is 3.04. The molecule has 1 heterocycles. The Hall–Kier alpha value is -2.24. The van der Waals surface area contributed by atoms with Crippen molar-refractivity contribution in [2.24, 2.45) is 11.3 Å².